The lowest BCUT2D eigenvalue weighted by Gasteiger charge is -2.21. The molecule has 0 saturated heterocycles. The van der Waals surface area contributed by atoms with Gasteiger partial charge in [0.2, 0.25) is 0 Å². The van der Waals surface area contributed by atoms with E-state index in [1.807, 2.05) is 6.07 Å². The van der Waals surface area contributed by atoms with Crippen LogP contribution in [0, 0.1) is 11.7 Å². The fraction of sp³-hybridized carbons (Fsp3) is 0.533. The number of urea groups is 1. The van der Waals surface area contributed by atoms with E-state index in [4.69, 9.17) is 0 Å². The average Bonchev–Trinajstić information content (AvgIpc) is 3.22. The second-order valence-electron chi connectivity index (χ2n) is 5.40. The van der Waals surface area contributed by atoms with Crippen molar-refractivity contribution in [3.8, 4) is 0 Å². The highest BCUT2D eigenvalue weighted by atomic mass is 19.1. The smallest absolute Gasteiger partial charge is 0.317 e. The molecule has 1 aromatic rings. The molecule has 0 radical (unpaired) electrons. The molecule has 1 aliphatic rings. The zero-order valence-electron chi connectivity index (χ0n) is 11.7. The Morgan fingerprint density at radius 1 is 1.55 bits per heavy atom. The van der Waals surface area contributed by atoms with Crippen molar-refractivity contribution < 1.29 is 14.3 Å². The van der Waals surface area contributed by atoms with Crippen LogP contribution >= 0.6 is 0 Å². The van der Waals surface area contributed by atoms with Gasteiger partial charge in [0.1, 0.15) is 5.82 Å². The maximum atomic E-state index is 13.0. The van der Waals surface area contributed by atoms with Crippen molar-refractivity contribution in [2.24, 2.45) is 5.92 Å². The highest BCUT2D eigenvalue weighted by molar-refractivity contribution is 5.73. The number of likely N-dealkylation sites (N-methyl/N-ethyl adjacent to an activating group) is 1. The van der Waals surface area contributed by atoms with Crippen molar-refractivity contribution in [3.05, 3.63) is 35.6 Å². The van der Waals surface area contributed by atoms with Gasteiger partial charge in [-0.25, -0.2) is 9.18 Å². The standard InChI is InChI=1S/C15H21FN2O2/c1-18(10-14(19)12-5-6-12)15(20)17-8-7-11-3-2-4-13(16)9-11/h2-4,9,12,14,19H,5-8,10H2,1H3,(H,17,20). The summed E-state index contributed by atoms with van der Waals surface area (Å²) < 4.78 is 13.0. The van der Waals surface area contributed by atoms with Crippen molar-refractivity contribution in [1.82, 2.24) is 10.2 Å². The van der Waals surface area contributed by atoms with Crippen LogP contribution in [0.2, 0.25) is 0 Å². The summed E-state index contributed by atoms with van der Waals surface area (Å²) in [6, 6.07) is 6.14. The fourth-order valence-electron chi connectivity index (χ4n) is 2.13. The Bertz CT molecular complexity index is 463. The first kappa shape index (κ1) is 14.8. The highest BCUT2D eigenvalue weighted by Gasteiger charge is 2.31. The van der Waals surface area contributed by atoms with Gasteiger partial charge in [0.15, 0.2) is 0 Å². The molecule has 1 fully saturated rings. The van der Waals surface area contributed by atoms with Crippen LogP contribution in [0.1, 0.15) is 18.4 Å². The van der Waals surface area contributed by atoms with Crippen molar-refractivity contribution in [1.29, 1.82) is 0 Å². The van der Waals surface area contributed by atoms with Crippen molar-refractivity contribution in [2.45, 2.75) is 25.4 Å². The number of benzene rings is 1. The molecule has 0 spiro atoms. The molecule has 1 aromatic carbocycles. The van der Waals surface area contributed by atoms with Crippen LogP contribution in [0.3, 0.4) is 0 Å². The second kappa shape index (κ2) is 6.70. The first-order valence-corrected chi connectivity index (χ1v) is 6.97. The minimum atomic E-state index is -0.422. The van der Waals surface area contributed by atoms with Crippen LogP contribution in [0.15, 0.2) is 24.3 Å². The number of rotatable bonds is 6. The van der Waals surface area contributed by atoms with Crippen LogP contribution in [0.25, 0.3) is 0 Å². The zero-order valence-corrected chi connectivity index (χ0v) is 11.7. The maximum absolute atomic E-state index is 13.0. The molecule has 0 aromatic heterocycles. The minimum absolute atomic E-state index is 0.207. The summed E-state index contributed by atoms with van der Waals surface area (Å²) in [4.78, 5) is 13.3. The molecule has 20 heavy (non-hydrogen) atoms. The lowest BCUT2D eigenvalue weighted by atomic mass is 10.1. The van der Waals surface area contributed by atoms with E-state index in [0.717, 1.165) is 18.4 Å². The van der Waals surface area contributed by atoms with Crippen LogP contribution < -0.4 is 5.32 Å². The van der Waals surface area contributed by atoms with Crippen LogP contribution in [0.5, 0.6) is 0 Å². The van der Waals surface area contributed by atoms with E-state index in [-0.39, 0.29) is 11.8 Å². The van der Waals surface area contributed by atoms with Gasteiger partial charge in [-0.05, 0) is 42.9 Å². The summed E-state index contributed by atoms with van der Waals surface area (Å²) in [6.07, 6.45) is 2.27. The van der Waals surface area contributed by atoms with E-state index in [0.29, 0.717) is 25.4 Å². The number of aliphatic hydroxyl groups is 1. The van der Waals surface area contributed by atoms with Gasteiger partial charge in [-0.1, -0.05) is 12.1 Å². The first-order chi connectivity index (χ1) is 9.56. The third kappa shape index (κ3) is 4.49. The van der Waals surface area contributed by atoms with Gasteiger partial charge in [-0.3, -0.25) is 0 Å². The number of aliphatic hydroxyl groups excluding tert-OH is 1. The van der Waals surface area contributed by atoms with E-state index < -0.39 is 6.10 Å². The third-order valence-electron chi connectivity index (χ3n) is 3.55. The van der Waals surface area contributed by atoms with Gasteiger partial charge in [0.05, 0.1) is 6.10 Å². The number of halogens is 1. The van der Waals surface area contributed by atoms with E-state index in [9.17, 15) is 14.3 Å². The van der Waals surface area contributed by atoms with E-state index in [1.165, 1.54) is 17.0 Å². The number of hydrogen-bond donors (Lipinski definition) is 2. The molecule has 5 heteroatoms. The van der Waals surface area contributed by atoms with E-state index in [2.05, 4.69) is 5.32 Å². The second-order valence-corrected chi connectivity index (χ2v) is 5.40. The van der Waals surface area contributed by atoms with Gasteiger partial charge < -0.3 is 15.3 Å². The minimum Gasteiger partial charge on any atom is -0.391 e. The molecule has 1 atom stereocenters. The normalized spacial score (nSPS) is 15.8. The zero-order chi connectivity index (χ0) is 14.5. The number of nitrogens with one attached hydrogen (secondary N) is 1. The van der Waals surface area contributed by atoms with Crippen LogP contribution in [-0.4, -0.2) is 42.3 Å². The van der Waals surface area contributed by atoms with Crippen LogP contribution in [0.4, 0.5) is 9.18 Å². The SMILES string of the molecule is CN(CC(O)C1CC1)C(=O)NCCc1cccc(F)c1. The Labute approximate surface area is 118 Å². The summed E-state index contributed by atoms with van der Waals surface area (Å²) >= 11 is 0. The summed E-state index contributed by atoms with van der Waals surface area (Å²) in [5.74, 6) is 0.0936. The van der Waals surface area contributed by atoms with Crippen molar-refractivity contribution in [3.63, 3.8) is 0 Å². The van der Waals surface area contributed by atoms with Gasteiger partial charge in [0.25, 0.3) is 0 Å². The lowest BCUT2D eigenvalue weighted by Crippen LogP contribution is -2.42. The molecule has 2 N–H and O–H groups in total. The molecule has 1 aliphatic carbocycles. The largest absolute Gasteiger partial charge is 0.391 e. The molecule has 0 bridgehead atoms. The summed E-state index contributed by atoms with van der Waals surface area (Å²) in [5.41, 5.74) is 0.853. The quantitative estimate of drug-likeness (QED) is 0.834. The van der Waals surface area contributed by atoms with Crippen molar-refractivity contribution in [2.75, 3.05) is 20.1 Å². The molecule has 0 aliphatic heterocycles. The Morgan fingerprint density at radius 2 is 2.30 bits per heavy atom. The van der Waals surface area contributed by atoms with Crippen molar-refractivity contribution >= 4 is 6.03 Å². The Morgan fingerprint density at radius 3 is 2.95 bits per heavy atom. The molecule has 110 valence electrons. The Balaban J connectivity index is 1.68. The molecular formula is C15H21FN2O2. The summed E-state index contributed by atoms with van der Waals surface area (Å²) in [6.45, 7) is 0.808. The molecule has 2 rings (SSSR count). The molecule has 1 unspecified atom stereocenters. The Hall–Kier alpha value is -1.62. The number of amides is 2. The highest BCUT2D eigenvalue weighted by Crippen LogP contribution is 2.32. The van der Waals surface area contributed by atoms with Crippen LogP contribution in [-0.2, 0) is 6.42 Å². The lowest BCUT2D eigenvalue weighted by molar-refractivity contribution is 0.113. The third-order valence-corrected chi connectivity index (χ3v) is 3.55. The van der Waals surface area contributed by atoms with Gasteiger partial charge in [0, 0.05) is 20.1 Å². The predicted molar refractivity (Wildman–Crippen MR) is 74.9 cm³/mol. The summed E-state index contributed by atoms with van der Waals surface area (Å²) in [7, 11) is 1.67. The molecule has 1 saturated carbocycles. The topological polar surface area (TPSA) is 52.6 Å². The number of carbonyl (C=O) groups excluding carboxylic acids is 1. The van der Waals surface area contributed by atoms with E-state index >= 15 is 0 Å². The molecule has 2 amide bonds. The molecular weight excluding hydrogens is 259 g/mol. The van der Waals surface area contributed by atoms with Gasteiger partial charge in [-0.2, -0.15) is 0 Å². The monoisotopic (exact) mass is 280 g/mol. The number of nitrogens with zero attached hydrogens (tertiary/aromatic N) is 1. The van der Waals surface area contributed by atoms with Gasteiger partial charge >= 0.3 is 6.03 Å². The fourth-order valence-corrected chi connectivity index (χ4v) is 2.13. The summed E-state index contributed by atoms with van der Waals surface area (Å²) in [5, 5.41) is 12.5. The molecule has 4 nitrogen and oxygen atoms in total. The number of hydrogen-bond acceptors (Lipinski definition) is 2. The maximum Gasteiger partial charge on any atom is 0.317 e. The van der Waals surface area contributed by atoms with E-state index in [1.54, 1.807) is 13.1 Å². The van der Waals surface area contributed by atoms with Gasteiger partial charge in [-0.15, -0.1) is 0 Å². The first-order valence-electron chi connectivity index (χ1n) is 6.97. The molecule has 0 heterocycles. The Kier molecular flexibility index (Phi) is 4.95. The number of carbonyl (C=O) groups is 1. The predicted octanol–water partition coefficient (Wildman–Crippen LogP) is 1.78. The average molecular weight is 280 g/mol.